The molecule has 0 saturated heterocycles. The van der Waals surface area contributed by atoms with Crippen molar-refractivity contribution in [2.45, 2.75) is 51.9 Å². The maximum Gasteiger partial charge on any atom is 0.342 e. The standard InChI is InChI=1S/C22H28O7/c1-4-10-28-16-11-15-6-5-7-17(23)21(26)18(24)9-8-13(2)14(3)29-22(27)20(15)19(25)12-16/h5-6,8-9,11-14,17,21,23,25-26H,4,7,10H2,1-3H3/b6-5+,9-8-/t13-,14+,17?,21?/m1/s1. The number of phenolic OH excluding ortho intramolecular Hbond substituents is 1. The van der Waals surface area contributed by atoms with Crippen LogP contribution in [-0.2, 0) is 9.53 Å². The third-order valence-electron chi connectivity index (χ3n) is 4.73. The van der Waals surface area contributed by atoms with Gasteiger partial charge in [0.05, 0.1) is 12.7 Å². The van der Waals surface area contributed by atoms with Gasteiger partial charge in [-0.1, -0.05) is 32.1 Å². The monoisotopic (exact) mass is 404 g/mol. The Morgan fingerprint density at radius 2 is 1.90 bits per heavy atom. The number of carbonyl (C=O) groups excluding carboxylic acids is 2. The second-order valence-corrected chi connectivity index (χ2v) is 7.14. The van der Waals surface area contributed by atoms with Gasteiger partial charge in [-0.25, -0.2) is 4.79 Å². The molecule has 4 atom stereocenters. The molecule has 0 fully saturated rings. The molecule has 2 unspecified atom stereocenters. The molecule has 0 amide bonds. The molecule has 7 heteroatoms. The largest absolute Gasteiger partial charge is 0.507 e. The topological polar surface area (TPSA) is 113 Å². The summed E-state index contributed by atoms with van der Waals surface area (Å²) in [7, 11) is 0. The van der Waals surface area contributed by atoms with Crippen LogP contribution in [0.4, 0.5) is 0 Å². The van der Waals surface area contributed by atoms with Crippen LogP contribution in [0.15, 0.2) is 30.4 Å². The number of phenols is 1. The average molecular weight is 404 g/mol. The maximum absolute atomic E-state index is 12.7. The number of rotatable bonds is 3. The van der Waals surface area contributed by atoms with E-state index in [1.54, 1.807) is 19.9 Å². The lowest BCUT2D eigenvalue weighted by molar-refractivity contribution is -0.127. The van der Waals surface area contributed by atoms with E-state index in [0.29, 0.717) is 17.9 Å². The molecule has 1 aliphatic heterocycles. The summed E-state index contributed by atoms with van der Waals surface area (Å²) in [4.78, 5) is 24.7. The normalized spacial score (nSPS) is 28.0. The summed E-state index contributed by atoms with van der Waals surface area (Å²) < 4.78 is 11.0. The van der Waals surface area contributed by atoms with Crippen LogP contribution in [0.3, 0.4) is 0 Å². The first-order valence-electron chi connectivity index (χ1n) is 9.70. The molecule has 0 aromatic heterocycles. The summed E-state index contributed by atoms with van der Waals surface area (Å²) in [5.74, 6) is -1.55. The fourth-order valence-corrected chi connectivity index (χ4v) is 2.77. The first-order chi connectivity index (χ1) is 13.7. The molecule has 7 nitrogen and oxygen atoms in total. The number of hydrogen-bond donors (Lipinski definition) is 3. The zero-order valence-electron chi connectivity index (χ0n) is 16.9. The number of fused-ring (bicyclic) bond motifs is 1. The Kier molecular flexibility index (Phi) is 7.99. The van der Waals surface area contributed by atoms with E-state index in [2.05, 4.69) is 0 Å². The average Bonchev–Trinajstić information content (AvgIpc) is 2.68. The molecule has 3 N–H and O–H groups in total. The molecule has 158 valence electrons. The van der Waals surface area contributed by atoms with Crippen LogP contribution in [0.1, 0.15) is 49.5 Å². The van der Waals surface area contributed by atoms with Gasteiger partial charge in [-0.2, -0.15) is 0 Å². The fourth-order valence-electron chi connectivity index (χ4n) is 2.77. The number of hydrogen-bond acceptors (Lipinski definition) is 7. The van der Waals surface area contributed by atoms with Crippen LogP contribution in [0.5, 0.6) is 11.5 Å². The first-order valence-corrected chi connectivity index (χ1v) is 9.70. The Hall–Kier alpha value is -2.64. The Bertz CT molecular complexity index is 797. The number of ketones is 1. The lowest BCUT2D eigenvalue weighted by atomic mass is 9.99. The van der Waals surface area contributed by atoms with Crippen molar-refractivity contribution < 1.29 is 34.4 Å². The molecular weight excluding hydrogens is 376 g/mol. The van der Waals surface area contributed by atoms with Crippen LogP contribution >= 0.6 is 0 Å². The van der Waals surface area contributed by atoms with Crippen molar-refractivity contribution in [1.29, 1.82) is 0 Å². The van der Waals surface area contributed by atoms with E-state index in [9.17, 15) is 24.9 Å². The van der Waals surface area contributed by atoms with Crippen LogP contribution in [-0.4, -0.2) is 52.0 Å². The first kappa shape index (κ1) is 22.6. The summed E-state index contributed by atoms with van der Waals surface area (Å²) in [6, 6.07) is 2.95. The van der Waals surface area contributed by atoms with Crippen molar-refractivity contribution in [1.82, 2.24) is 0 Å². The number of carbonyl (C=O) groups is 2. The highest BCUT2D eigenvalue weighted by Crippen LogP contribution is 2.31. The summed E-state index contributed by atoms with van der Waals surface area (Å²) >= 11 is 0. The smallest absolute Gasteiger partial charge is 0.342 e. The van der Waals surface area contributed by atoms with E-state index >= 15 is 0 Å². The number of ether oxygens (including phenoxy) is 2. The number of esters is 1. The number of aromatic hydroxyl groups is 1. The van der Waals surface area contributed by atoms with Crippen LogP contribution in [0.25, 0.3) is 6.08 Å². The molecule has 0 radical (unpaired) electrons. The highest BCUT2D eigenvalue weighted by Gasteiger charge is 2.25. The minimum absolute atomic E-state index is 0.0173. The van der Waals surface area contributed by atoms with Gasteiger partial charge >= 0.3 is 5.97 Å². The third kappa shape index (κ3) is 5.92. The second kappa shape index (κ2) is 10.2. The molecule has 0 spiro atoms. The number of aliphatic hydroxyl groups excluding tert-OH is 2. The van der Waals surface area contributed by atoms with Gasteiger partial charge in [0.2, 0.25) is 0 Å². The molecule has 29 heavy (non-hydrogen) atoms. The van der Waals surface area contributed by atoms with Crippen LogP contribution < -0.4 is 4.74 Å². The molecule has 1 heterocycles. The van der Waals surface area contributed by atoms with Crippen LogP contribution in [0.2, 0.25) is 0 Å². The van der Waals surface area contributed by atoms with Crippen LogP contribution in [0, 0.1) is 5.92 Å². The molecule has 0 saturated carbocycles. The second-order valence-electron chi connectivity index (χ2n) is 7.14. The van der Waals surface area contributed by atoms with Gasteiger partial charge in [-0.05, 0) is 37.5 Å². The molecule has 0 bridgehead atoms. The van der Waals surface area contributed by atoms with E-state index < -0.39 is 30.1 Å². The number of aliphatic hydroxyl groups is 2. The van der Waals surface area contributed by atoms with Gasteiger partial charge in [-0.15, -0.1) is 0 Å². The maximum atomic E-state index is 12.7. The van der Waals surface area contributed by atoms with E-state index in [4.69, 9.17) is 9.47 Å². The van der Waals surface area contributed by atoms with E-state index in [1.807, 2.05) is 6.92 Å². The Morgan fingerprint density at radius 3 is 2.59 bits per heavy atom. The lowest BCUT2D eigenvalue weighted by Gasteiger charge is -2.20. The van der Waals surface area contributed by atoms with Crippen molar-refractivity contribution in [2.24, 2.45) is 5.92 Å². The van der Waals surface area contributed by atoms with Gasteiger partial charge in [0.25, 0.3) is 0 Å². The van der Waals surface area contributed by atoms with E-state index in [-0.39, 0.29) is 23.7 Å². The quantitative estimate of drug-likeness (QED) is 0.664. The van der Waals surface area contributed by atoms with E-state index in [1.165, 1.54) is 30.4 Å². The molecule has 1 aromatic carbocycles. The number of benzene rings is 1. The SMILES string of the molecule is CCCOc1cc(O)c2c(c1)/C=C/CC(O)C(O)C(=O)/C=C\[C@@H](C)[C@H](C)OC2=O. The van der Waals surface area contributed by atoms with Crippen molar-refractivity contribution >= 4 is 17.8 Å². The summed E-state index contributed by atoms with van der Waals surface area (Å²) in [5.41, 5.74) is 0.331. The minimum atomic E-state index is -1.56. The number of cyclic esters (lactones) is 1. The van der Waals surface area contributed by atoms with Gasteiger partial charge in [0, 0.05) is 12.0 Å². The minimum Gasteiger partial charge on any atom is -0.507 e. The Morgan fingerprint density at radius 1 is 1.17 bits per heavy atom. The summed E-state index contributed by atoms with van der Waals surface area (Å²) in [6.07, 6.45) is 3.02. The van der Waals surface area contributed by atoms with E-state index in [0.717, 1.165) is 6.42 Å². The zero-order valence-corrected chi connectivity index (χ0v) is 16.9. The van der Waals surface area contributed by atoms with Crippen molar-refractivity contribution in [3.63, 3.8) is 0 Å². The van der Waals surface area contributed by atoms with Gasteiger partial charge in [0.15, 0.2) is 5.78 Å². The highest BCUT2D eigenvalue weighted by atomic mass is 16.5. The Labute approximate surface area is 170 Å². The predicted molar refractivity (Wildman–Crippen MR) is 108 cm³/mol. The predicted octanol–water partition coefficient (Wildman–Crippen LogP) is 2.63. The fraction of sp³-hybridized carbons (Fsp3) is 0.455. The van der Waals surface area contributed by atoms with Crippen molar-refractivity contribution in [3.8, 4) is 11.5 Å². The molecule has 0 aliphatic carbocycles. The lowest BCUT2D eigenvalue weighted by Crippen LogP contribution is -2.32. The molecule has 1 aliphatic rings. The zero-order chi connectivity index (χ0) is 21.6. The molecular formula is C22H28O7. The molecule has 1 aromatic rings. The third-order valence-corrected chi connectivity index (χ3v) is 4.73. The summed E-state index contributed by atoms with van der Waals surface area (Å²) in [6.45, 7) is 5.81. The molecule has 2 rings (SSSR count). The van der Waals surface area contributed by atoms with Gasteiger partial charge in [0.1, 0.15) is 29.3 Å². The van der Waals surface area contributed by atoms with Crippen molar-refractivity contribution in [2.75, 3.05) is 6.61 Å². The highest BCUT2D eigenvalue weighted by molar-refractivity contribution is 5.97. The van der Waals surface area contributed by atoms with Gasteiger partial charge < -0.3 is 24.8 Å². The Balaban J connectivity index is 2.47. The van der Waals surface area contributed by atoms with Crippen molar-refractivity contribution in [3.05, 3.63) is 41.5 Å². The van der Waals surface area contributed by atoms with Gasteiger partial charge in [-0.3, -0.25) is 4.79 Å². The summed E-state index contributed by atoms with van der Waals surface area (Å²) in [5, 5.41) is 30.5.